The first-order valence-electron chi connectivity index (χ1n) is 7.78. The molecule has 0 spiro atoms. The zero-order valence-corrected chi connectivity index (χ0v) is 14.6. The van der Waals surface area contributed by atoms with Crippen LogP contribution in [0.3, 0.4) is 0 Å². The molecule has 1 amide bonds. The number of aliphatic carboxylic acids is 1. The summed E-state index contributed by atoms with van der Waals surface area (Å²) in [5.74, 6) is -2.26. The van der Waals surface area contributed by atoms with Gasteiger partial charge in [-0.1, -0.05) is 42.0 Å². The molecule has 132 valence electrons. The Morgan fingerprint density at radius 1 is 1.15 bits per heavy atom. The minimum Gasteiger partial charge on any atom is -0.481 e. The second kappa shape index (κ2) is 7.45. The number of carbonyl (C=O) groups excluding carboxylic acids is 1. The molecular formula is C19H15FN2O3S. The Balaban J connectivity index is 1.93. The number of amides is 1. The first-order valence-corrected chi connectivity index (χ1v) is 8.60. The molecule has 0 fully saturated rings. The Morgan fingerprint density at radius 3 is 2.50 bits per heavy atom. The van der Waals surface area contributed by atoms with E-state index >= 15 is 0 Å². The normalized spacial score (nSPS) is 10.5. The van der Waals surface area contributed by atoms with Crippen molar-refractivity contribution in [1.29, 1.82) is 0 Å². The average Bonchev–Trinajstić information content (AvgIpc) is 2.97. The zero-order chi connectivity index (χ0) is 18.7. The highest BCUT2D eigenvalue weighted by molar-refractivity contribution is 7.16. The molecule has 7 heteroatoms. The van der Waals surface area contributed by atoms with Gasteiger partial charge >= 0.3 is 5.97 Å². The van der Waals surface area contributed by atoms with Gasteiger partial charge in [0.1, 0.15) is 5.82 Å². The number of nitrogens with zero attached hydrogens (tertiary/aromatic N) is 1. The Morgan fingerprint density at radius 2 is 1.85 bits per heavy atom. The molecule has 26 heavy (non-hydrogen) atoms. The van der Waals surface area contributed by atoms with Gasteiger partial charge in [0.15, 0.2) is 5.13 Å². The van der Waals surface area contributed by atoms with E-state index in [1.807, 2.05) is 31.2 Å². The number of aryl methyl sites for hydroxylation is 1. The largest absolute Gasteiger partial charge is 0.481 e. The maximum atomic E-state index is 13.7. The van der Waals surface area contributed by atoms with E-state index in [0.717, 1.165) is 22.5 Å². The van der Waals surface area contributed by atoms with E-state index < -0.39 is 17.7 Å². The number of anilines is 1. The fourth-order valence-electron chi connectivity index (χ4n) is 2.41. The van der Waals surface area contributed by atoms with Crippen molar-refractivity contribution in [2.45, 2.75) is 13.3 Å². The van der Waals surface area contributed by atoms with Crippen molar-refractivity contribution in [2.75, 3.05) is 5.32 Å². The van der Waals surface area contributed by atoms with Crippen LogP contribution in [-0.2, 0) is 11.2 Å². The van der Waals surface area contributed by atoms with Gasteiger partial charge in [-0.15, -0.1) is 11.3 Å². The molecule has 0 aliphatic heterocycles. The van der Waals surface area contributed by atoms with E-state index in [-0.39, 0.29) is 17.1 Å². The van der Waals surface area contributed by atoms with Crippen LogP contribution >= 0.6 is 11.3 Å². The SMILES string of the molecule is Cc1ccc(-c2nc(NC(=O)c3ccccc3F)sc2CC(=O)O)cc1. The van der Waals surface area contributed by atoms with Crippen LogP contribution in [0.15, 0.2) is 48.5 Å². The van der Waals surface area contributed by atoms with E-state index in [0.29, 0.717) is 10.6 Å². The van der Waals surface area contributed by atoms with Crippen LogP contribution in [0.2, 0.25) is 0 Å². The molecule has 5 nitrogen and oxygen atoms in total. The van der Waals surface area contributed by atoms with Gasteiger partial charge in [0.2, 0.25) is 0 Å². The van der Waals surface area contributed by atoms with Crippen LogP contribution in [0.1, 0.15) is 20.8 Å². The van der Waals surface area contributed by atoms with Gasteiger partial charge in [0.05, 0.1) is 17.7 Å². The smallest absolute Gasteiger partial charge is 0.308 e. The lowest BCUT2D eigenvalue weighted by Crippen LogP contribution is -2.13. The van der Waals surface area contributed by atoms with E-state index in [2.05, 4.69) is 10.3 Å². The lowest BCUT2D eigenvalue weighted by atomic mass is 10.1. The summed E-state index contributed by atoms with van der Waals surface area (Å²) in [6, 6.07) is 13.1. The summed E-state index contributed by atoms with van der Waals surface area (Å²) in [5.41, 5.74) is 2.23. The number of halogens is 1. The van der Waals surface area contributed by atoms with E-state index in [9.17, 15) is 14.0 Å². The van der Waals surface area contributed by atoms with Crippen LogP contribution < -0.4 is 5.32 Å². The van der Waals surface area contributed by atoms with Gasteiger partial charge in [-0.05, 0) is 19.1 Å². The quantitative estimate of drug-likeness (QED) is 0.707. The molecule has 2 N–H and O–H groups in total. The average molecular weight is 370 g/mol. The highest BCUT2D eigenvalue weighted by Crippen LogP contribution is 2.32. The van der Waals surface area contributed by atoms with Crippen LogP contribution in [-0.4, -0.2) is 22.0 Å². The van der Waals surface area contributed by atoms with E-state index in [1.165, 1.54) is 18.2 Å². The van der Waals surface area contributed by atoms with Crippen molar-refractivity contribution >= 4 is 28.3 Å². The summed E-state index contributed by atoms with van der Waals surface area (Å²) < 4.78 is 13.7. The predicted octanol–water partition coefficient (Wildman–Crippen LogP) is 4.14. The number of thiazole rings is 1. The van der Waals surface area contributed by atoms with E-state index in [4.69, 9.17) is 5.11 Å². The second-order valence-corrected chi connectivity index (χ2v) is 6.74. The summed E-state index contributed by atoms with van der Waals surface area (Å²) in [6.07, 6.45) is -0.212. The summed E-state index contributed by atoms with van der Waals surface area (Å²) >= 11 is 1.07. The summed E-state index contributed by atoms with van der Waals surface area (Å²) in [7, 11) is 0. The molecule has 0 unspecified atom stereocenters. The zero-order valence-electron chi connectivity index (χ0n) is 13.8. The fraction of sp³-hybridized carbons (Fsp3) is 0.105. The van der Waals surface area contributed by atoms with Gasteiger partial charge < -0.3 is 5.11 Å². The molecule has 0 aliphatic rings. The van der Waals surface area contributed by atoms with Crippen LogP contribution in [0.5, 0.6) is 0 Å². The molecule has 1 heterocycles. The number of carboxylic acids is 1. The second-order valence-electron chi connectivity index (χ2n) is 5.66. The number of rotatable bonds is 5. The molecule has 2 aromatic carbocycles. The van der Waals surface area contributed by atoms with E-state index in [1.54, 1.807) is 6.07 Å². The molecule has 0 radical (unpaired) electrons. The topological polar surface area (TPSA) is 79.3 Å². The number of carbonyl (C=O) groups is 2. The Hall–Kier alpha value is -3.06. The van der Waals surface area contributed by atoms with Crippen LogP contribution in [0.4, 0.5) is 9.52 Å². The van der Waals surface area contributed by atoms with Gasteiger partial charge in [-0.3, -0.25) is 14.9 Å². The summed E-state index contributed by atoms with van der Waals surface area (Å²) in [6.45, 7) is 1.95. The maximum absolute atomic E-state index is 13.7. The van der Waals surface area contributed by atoms with Crippen molar-refractivity contribution in [2.24, 2.45) is 0 Å². The molecule has 0 saturated carbocycles. The minimum atomic E-state index is -0.992. The number of carboxylic acid groups (broad SMARTS) is 1. The van der Waals surface area contributed by atoms with Gasteiger partial charge in [0, 0.05) is 10.4 Å². The van der Waals surface area contributed by atoms with Crippen LogP contribution in [0, 0.1) is 12.7 Å². The molecule has 0 saturated heterocycles. The van der Waals surface area contributed by atoms with Gasteiger partial charge in [0.25, 0.3) is 5.91 Å². The third kappa shape index (κ3) is 3.94. The highest BCUT2D eigenvalue weighted by Gasteiger charge is 2.18. The fourth-order valence-corrected chi connectivity index (χ4v) is 3.38. The molecule has 3 rings (SSSR count). The van der Waals surface area contributed by atoms with Gasteiger partial charge in [-0.25, -0.2) is 9.37 Å². The first-order chi connectivity index (χ1) is 12.4. The van der Waals surface area contributed by atoms with Crippen molar-refractivity contribution < 1.29 is 19.1 Å². The molecule has 0 bridgehead atoms. The third-order valence-electron chi connectivity index (χ3n) is 3.67. The Bertz CT molecular complexity index is 967. The van der Waals surface area contributed by atoms with Crippen molar-refractivity contribution in [3.63, 3.8) is 0 Å². The molecule has 0 aliphatic carbocycles. The molecule has 0 atom stereocenters. The number of nitrogens with one attached hydrogen (secondary N) is 1. The number of benzene rings is 2. The monoisotopic (exact) mass is 370 g/mol. The lowest BCUT2D eigenvalue weighted by molar-refractivity contribution is -0.136. The molecular weight excluding hydrogens is 355 g/mol. The number of aromatic nitrogens is 1. The minimum absolute atomic E-state index is 0.0978. The summed E-state index contributed by atoms with van der Waals surface area (Å²) in [4.78, 5) is 28.3. The predicted molar refractivity (Wildman–Crippen MR) is 98.0 cm³/mol. The maximum Gasteiger partial charge on any atom is 0.308 e. The van der Waals surface area contributed by atoms with Crippen molar-refractivity contribution in [3.8, 4) is 11.3 Å². The standard InChI is InChI=1S/C19H15FN2O3S/c1-11-6-8-12(9-7-11)17-15(10-16(23)24)26-19(21-17)22-18(25)13-4-2-3-5-14(13)20/h2-9H,10H2,1H3,(H,23,24)(H,21,22,25). The number of hydrogen-bond donors (Lipinski definition) is 2. The Kier molecular flexibility index (Phi) is 5.09. The molecule has 1 aromatic heterocycles. The highest BCUT2D eigenvalue weighted by atomic mass is 32.1. The van der Waals surface area contributed by atoms with Gasteiger partial charge in [-0.2, -0.15) is 0 Å². The summed E-state index contributed by atoms with van der Waals surface area (Å²) in [5, 5.41) is 11.9. The Labute approximate surface area is 153 Å². The lowest BCUT2D eigenvalue weighted by Gasteiger charge is -2.02. The van der Waals surface area contributed by atoms with Crippen molar-refractivity contribution in [3.05, 3.63) is 70.4 Å². The van der Waals surface area contributed by atoms with Crippen LogP contribution in [0.25, 0.3) is 11.3 Å². The van der Waals surface area contributed by atoms with Crippen molar-refractivity contribution in [1.82, 2.24) is 4.98 Å². The first kappa shape index (κ1) is 17.8. The molecule has 3 aromatic rings. The third-order valence-corrected chi connectivity index (χ3v) is 4.64. The number of hydrogen-bond acceptors (Lipinski definition) is 4.